The second-order valence-electron chi connectivity index (χ2n) is 8.45. The number of nitrogens with zero attached hydrogens (tertiary/aromatic N) is 1. The van der Waals surface area contributed by atoms with Gasteiger partial charge in [0.2, 0.25) is 0 Å². The van der Waals surface area contributed by atoms with Gasteiger partial charge in [0.1, 0.15) is 0 Å². The van der Waals surface area contributed by atoms with Crippen molar-refractivity contribution in [1.82, 2.24) is 0 Å². The van der Waals surface area contributed by atoms with E-state index in [1.165, 1.54) is 82.0 Å². The molecule has 0 aromatic rings. The molecule has 0 bridgehead atoms. The largest absolute Gasteiger partial charge is 0.272 e. The van der Waals surface area contributed by atoms with Crippen LogP contribution in [0.4, 0.5) is 0 Å². The Morgan fingerprint density at radius 1 is 0.742 bits per heavy atom. The maximum Gasteiger partial charge on any atom is 0.0425 e. The molecule has 1 aliphatic carbocycles. The van der Waals surface area contributed by atoms with Crippen LogP contribution in [0.3, 0.4) is 0 Å². The average Bonchev–Trinajstić information content (AvgIpc) is 3.25. The average molecular weight is 482 g/mol. The molecular formula is C28H52NPTi. The summed E-state index contributed by atoms with van der Waals surface area (Å²) in [5.41, 5.74) is 1.37. The Kier molecular flexibility index (Phi) is 26.2. The van der Waals surface area contributed by atoms with Gasteiger partial charge < -0.3 is 0 Å². The number of hydrogen-bond acceptors (Lipinski definition) is 1. The maximum absolute atomic E-state index is 5.43. The van der Waals surface area contributed by atoms with Crippen LogP contribution in [0.2, 0.25) is 0 Å². The van der Waals surface area contributed by atoms with Crippen LogP contribution in [-0.2, 0) is 21.7 Å². The van der Waals surface area contributed by atoms with Gasteiger partial charge in [-0.3, -0.25) is 4.74 Å². The molecule has 3 heteroatoms. The van der Waals surface area contributed by atoms with Gasteiger partial charge in [-0.05, 0) is 63.7 Å². The quantitative estimate of drug-likeness (QED) is 0.0900. The first kappa shape index (κ1) is 33.1. The van der Waals surface area contributed by atoms with Crippen molar-refractivity contribution in [2.24, 2.45) is 4.74 Å². The fourth-order valence-electron chi connectivity index (χ4n) is 3.67. The van der Waals surface area contributed by atoms with Crippen molar-refractivity contribution in [3.63, 3.8) is 0 Å². The van der Waals surface area contributed by atoms with Crippen LogP contribution >= 0.6 is 7.05 Å². The molecule has 0 aromatic heterocycles. The summed E-state index contributed by atoms with van der Waals surface area (Å²) in [7, 11) is -1.12. The van der Waals surface area contributed by atoms with Gasteiger partial charge in [0, 0.05) is 33.8 Å². The minimum Gasteiger partial charge on any atom is -0.272 e. The van der Waals surface area contributed by atoms with E-state index < -0.39 is 7.05 Å². The summed E-state index contributed by atoms with van der Waals surface area (Å²) in [6, 6.07) is 0. The van der Waals surface area contributed by atoms with Crippen molar-refractivity contribution in [2.45, 2.75) is 112 Å². The Bertz CT molecular complexity index is 512. The van der Waals surface area contributed by atoms with E-state index in [-0.39, 0.29) is 21.7 Å². The van der Waals surface area contributed by atoms with Crippen molar-refractivity contribution in [3.05, 3.63) is 48.2 Å². The molecule has 0 saturated carbocycles. The first-order valence-corrected chi connectivity index (χ1v) is 15.2. The Morgan fingerprint density at radius 3 is 1.52 bits per heavy atom. The van der Waals surface area contributed by atoms with Crippen molar-refractivity contribution < 1.29 is 21.7 Å². The Morgan fingerprint density at radius 2 is 1.19 bits per heavy atom. The number of unbranched alkanes of at least 4 members (excludes halogenated alkanes) is 6. The molecular weight excluding hydrogens is 429 g/mol. The summed E-state index contributed by atoms with van der Waals surface area (Å²) in [6.07, 6.45) is 35.1. The topological polar surface area (TPSA) is 12.4 Å². The van der Waals surface area contributed by atoms with Crippen molar-refractivity contribution in [2.75, 3.05) is 18.5 Å². The first-order chi connectivity index (χ1) is 14.7. The van der Waals surface area contributed by atoms with Gasteiger partial charge in [-0.15, -0.1) is 0 Å². The molecule has 0 saturated heterocycles. The van der Waals surface area contributed by atoms with Crippen LogP contribution in [0.5, 0.6) is 0 Å². The minimum absolute atomic E-state index is 0. The number of allylic oxidation sites excluding steroid dienone is 7. The summed E-state index contributed by atoms with van der Waals surface area (Å²) in [5.74, 6) is 0. The first-order valence-electron chi connectivity index (χ1n) is 12.9. The summed E-state index contributed by atoms with van der Waals surface area (Å²) in [5, 5.41) is 0. The van der Waals surface area contributed by atoms with Crippen molar-refractivity contribution in [1.29, 1.82) is 0 Å². The Labute approximate surface area is 211 Å². The molecule has 178 valence electrons. The van der Waals surface area contributed by atoms with E-state index in [1.807, 2.05) is 0 Å². The van der Waals surface area contributed by atoms with Crippen LogP contribution in [-0.4, -0.2) is 18.5 Å². The molecule has 31 heavy (non-hydrogen) atoms. The second-order valence-corrected chi connectivity index (χ2v) is 12.2. The van der Waals surface area contributed by atoms with E-state index in [2.05, 4.69) is 77.2 Å². The standard InChI is InChI=1S/C20H38NP.C8H14.Ti/c1-4-7-12-17-22(18-13-8-5-2,19-14-9-6-3)21-20-15-10-11-16-20;1-3-5-7-8-6-4-2;/h10-11,15H,4-9,12-14,16-19H2,1-3H3;5-8H,3-4H2,1-2H3;. The Hall–Kier alpha value is -0.0957. The summed E-state index contributed by atoms with van der Waals surface area (Å²) in [6.45, 7) is 11.2. The predicted molar refractivity (Wildman–Crippen MR) is 143 cm³/mol. The van der Waals surface area contributed by atoms with Crippen LogP contribution < -0.4 is 0 Å². The maximum atomic E-state index is 5.43. The van der Waals surface area contributed by atoms with E-state index >= 15 is 0 Å². The van der Waals surface area contributed by atoms with Gasteiger partial charge in [-0.2, -0.15) is 0 Å². The normalized spacial score (nSPS) is 13.3. The number of rotatable bonds is 16. The fourth-order valence-corrected chi connectivity index (χ4v) is 7.77. The zero-order valence-corrected chi connectivity index (χ0v) is 24.0. The van der Waals surface area contributed by atoms with Gasteiger partial charge in [0.05, 0.1) is 0 Å². The van der Waals surface area contributed by atoms with Crippen LogP contribution in [0.1, 0.15) is 112 Å². The van der Waals surface area contributed by atoms with Crippen molar-refractivity contribution >= 4 is 7.05 Å². The van der Waals surface area contributed by atoms with E-state index in [1.54, 1.807) is 0 Å². The summed E-state index contributed by atoms with van der Waals surface area (Å²) in [4.78, 5) is 0. The van der Waals surface area contributed by atoms with Crippen LogP contribution in [0.25, 0.3) is 0 Å². The SMILES string of the molecule is CCC=CC=CCC.CCCCCP(CCCCC)(CCCCC)=NC1=CC=CC1.[Ti]. The third kappa shape index (κ3) is 19.1. The summed E-state index contributed by atoms with van der Waals surface area (Å²) < 4.78 is 5.43. The van der Waals surface area contributed by atoms with E-state index in [0.29, 0.717) is 0 Å². The minimum atomic E-state index is -1.12. The third-order valence-corrected chi connectivity index (χ3v) is 9.61. The zero-order chi connectivity index (χ0) is 22.3. The molecule has 0 N–H and O–H groups in total. The smallest absolute Gasteiger partial charge is 0.0425 e. The molecule has 0 aliphatic heterocycles. The molecule has 0 unspecified atom stereocenters. The molecule has 0 fully saturated rings. The van der Waals surface area contributed by atoms with Crippen molar-refractivity contribution in [3.8, 4) is 0 Å². The van der Waals surface area contributed by atoms with Gasteiger partial charge in [0.25, 0.3) is 0 Å². The molecule has 1 aliphatic rings. The molecule has 1 nitrogen and oxygen atoms in total. The van der Waals surface area contributed by atoms with E-state index in [9.17, 15) is 0 Å². The van der Waals surface area contributed by atoms with Gasteiger partial charge in [-0.25, -0.2) is 0 Å². The zero-order valence-electron chi connectivity index (χ0n) is 21.5. The monoisotopic (exact) mass is 481 g/mol. The molecule has 1 rings (SSSR count). The van der Waals surface area contributed by atoms with E-state index in [0.717, 1.165) is 19.3 Å². The van der Waals surface area contributed by atoms with Gasteiger partial charge in [0.15, 0.2) is 0 Å². The van der Waals surface area contributed by atoms with Gasteiger partial charge >= 0.3 is 0 Å². The van der Waals surface area contributed by atoms with Crippen LogP contribution in [0, 0.1) is 0 Å². The molecule has 0 radical (unpaired) electrons. The molecule has 0 atom stereocenters. The second kappa shape index (κ2) is 24.5. The predicted octanol–water partition coefficient (Wildman–Crippen LogP) is 10.5. The molecule has 0 heterocycles. The number of hydrogen-bond donors (Lipinski definition) is 0. The Balaban J connectivity index is 0. The molecule has 0 spiro atoms. The third-order valence-electron chi connectivity index (χ3n) is 5.48. The molecule has 0 aromatic carbocycles. The van der Waals surface area contributed by atoms with Crippen LogP contribution in [0.15, 0.2) is 53.0 Å². The van der Waals surface area contributed by atoms with Gasteiger partial charge in [-0.1, -0.05) is 110 Å². The summed E-state index contributed by atoms with van der Waals surface area (Å²) >= 11 is 0. The van der Waals surface area contributed by atoms with E-state index in [4.69, 9.17) is 4.74 Å². The molecule has 0 amide bonds. The fraction of sp³-hybridized carbons (Fsp3) is 0.714.